The summed E-state index contributed by atoms with van der Waals surface area (Å²) in [6.07, 6.45) is 3.89. The van der Waals surface area contributed by atoms with Crippen molar-refractivity contribution in [3.8, 4) is 0 Å². The Hall–Kier alpha value is -0.0800. The molecule has 1 heterocycles. The van der Waals surface area contributed by atoms with Crippen molar-refractivity contribution in [1.82, 2.24) is 5.32 Å². The molecule has 2 heteroatoms. The highest BCUT2D eigenvalue weighted by Gasteiger charge is 2.24. The van der Waals surface area contributed by atoms with Crippen LogP contribution in [-0.2, 0) is 4.74 Å². The van der Waals surface area contributed by atoms with Gasteiger partial charge in [-0.1, -0.05) is 13.8 Å². The molecule has 0 aromatic rings. The zero-order chi connectivity index (χ0) is 9.73. The number of hydrogen-bond acceptors (Lipinski definition) is 2. The van der Waals surface area contributed by atoms with Gasteiger partial charge in [-0.3, -0.25) is 0 Å². The molecule has 1 rings (SSSR count). The Morgan fingerprint density at radius 1 is 1.46 bits per heavy atom. The molecule has 1 saturated heterocycles. The van der Waals surface area contributed by atoms with E-state index in [0.717, 1.165) is 25.7 Å². The molecule has 1 aliphatic rings. The minimum absolute atomic E-state index is 0.417. The highest BCUT2D eigenvalue weighted by molar-refractivity contribution is 4.76. The van der Waals surface area contributed by atoms with E-state index in [1.165, 1.54) is 19.3 Å². The monoisotopic (exact) mass is 185 g/mol. The number of rotatable bonds is 4. The zero-order valence-corrected chi connectivity index (χ0v) is 9.23. The normalized spacial score (nSPS) is 24.7. The van der Waals surface area contributed by atoms with Crippen LogP contribution in [0.15, 0.2) is 0 Å². The van der Waals surface area contributed by atoms with Gasteiger partial charge in [0.25, 0.3) is 0 Å². The van der Waals surface area contributed by atoms with Gasteiger partial charge in [0.05, 0.1) is 0 Å². The van der Waals surface area contributed by atoms with E-state index in [0.29, 0.717) is 5.41 Å². The van der Waals surface area contributed by atoms with Gasteiger partial charge in [0.1, 0.15) is 0 Å². The fourth-order valence-electron chi connectivity index (χ4n) is 2.30. The van der Waals surface area contributed by atoms with Gasteiger partial charge < -0.3 is 10.1 Å². The van der Waals surface area contributed by atoms with Gasteiger partial charge in [0.15, 0.2) is 0 Å². The third-order valence-electron chi connectivity index (χ3n) is 2.75. The molecule has 0 aromatic carbocycles. The van der Waals surface area contributed by atoms with Crippen LogP contribution in [0.1, 0.15) is 33.1 Å². The predicted octanol–water partition coefficient (Wildman–Crippen LogP) is 2.05. The summed E-state index contributed by atoms with van der Waals surface area (Å²) in [5, 5.41) is 3.26. The second-order valence-corrected chi connectivity index (χ2v) is 4.98. The summed E-state index contributed by atoms with van der Waals surface area (Å²) in [6.45, 7) is 7.72. The Morgan fingerprint density at radius 3 is 2.77 bits per heavy atom. The smallest absolute Gasteiger partial charge is 0.0494 e. The minimum atomic E-state index is 0.417. The lowest BCUT2D eigenvalue weighted by Crippen LogP contribution is -2.31. The van der Waals surface area contributed by atoms with Crippen LogP contribution in [0.2, 0.25) is 0 Å². The standard InChI is InChI=1S/C11H23NO/c1-11(2,9-12-3)7-10-5-4-6-13-8-10/h10,12H,4-9H2,1-3H3/t10-/m0/s1. The summed E-state index contributed by atoms with van der Waals surface area (Å²) in [5.41, 5.74) is 0.417. The van der Waals surface area contributed by atoms with Gasteiger partial charge in [0, 0.05) is 13.2 Å². The summed E-state index contributed by atoms with van der Waals surface area (Å²) < 4.78 is 5.49. The van der Waals surface area contributed by atoms with Crippen LogP contribution in [0.3, 0.4) is 0 Å². The quantitative estimate of drug-likeness (QED) is 0.724. The fourth-order valence-corrected chi connectivity index (χ4v) is 2.30. The fraction of sp³-hybridized carbons (Fsp3) is 1.00. The van der Waals surface area contributed by atoms with Gasteiger partial charge in [-0.2, -0.15) is 0 Å². The van der Waals surface area contributed by atoms with E-state index >= 15 is 0 Å². The third kappa shape index (κ3) is 4.10. The molecule has 0 bridgehead atoms. The Labute approximate surface area is 82.0 Å². The molecule has 2 nitrogen and oxygen atoms in total. The molecule has 1 N–H and O–H groups in total. The molecule has 0 aromatic heterocycles. The molecule has 1 atom stereocenters. The van der Waals surface area contributed by atoms with E-state index in [1.807, 2.05) is 7.05 Å². The van der Waals surface area contributed by atoms with E-state index in [9.17, 15) is 0 Å². The van der Waals surface area contributed by atoms with Gasteiger partial charge in [-0.15, -0.1) is 0 Å². The molecule has 13 heavy (non-hydrogen) atoms. The van der Waals surface area contributed by atoms with Gasteiger partial charge in [-0.25, -0.2) is 0 Å². The summed E-state index contributed by atoms with van der Waals surface area (Å²) in [4.78, 5) is 0. The summed E-state index contributed by atoms with van der Waals surface area (Å²) in [7, 11) is 2.03. The molecular weight excluding hydrogens is 162 g/mol. The van der Waals surface area contributed by atoms with Gasteiger partial charge in [-0.05, 0) is 44.2 Å². The number of ether oxygens (including phenoxy) is 1. The van der Waals surface area contributed by atoms with E-state index in [-0.39, 0.29) is 0 Å². The average molecular weight is 185 g/mol. The Balaban J connectivity index is 2.28. The van der Waals surface area contributed by atoms with Crippen molar-refractivity contribution in [2.24, 2.45) is 11.3 Å². The second-order valence-electron chi connectivity index (χ2n) is 4.98. The molecule has 0 unspecified atom stereocenters. The van der Waals surface area contributed by atoms with Crippen molar-refractivity contribution >= 4 is 0 Å². The summed E-state index contributed by atoms with van der Waals surface area (Å²) >= 11 is 0. The van der Waals surface area contributed by atoms with Gasteiger partial charge in [0.2, 0.25) is 0 Å². The first-order chi connectivity index (χ1) is 6.14. The van der Waals surface area contributed by atoms with Crippen molar-refractivity contribution in [2.75, 3.05) is 26.8 Å². The topological polar surface area (TPSA) is 21.3 Å². The largest absolute Gasteiger partial charge is 0.381 e. The van der Waals surface area contributed by atoms with Crippen molar-refractivity contribution < 1.29 is 4.74 Å². The SMILES string of the molecule is CNCC(C)(C)C[C@@H]1CCCOC1. The molecule has 0 amide bonds. The number of nitrogens with one attached hydrogen (secondary N) is 1. The second kappa shape index (κ2) is 4.97. The molecule has 78 valence electrons. The average Bonchev–Trinajstić information content (AvgIpc) is 2.04. The molecular formula is C11H23NO. The summed E-state index contributed by atoms with van der Waals surface area (Å²) in [6, 6.07) is 0. The zero-order valence-electron chi connectivity index (χ0n) is 9.23. The maximum absolute atomic E-state index is 5.49. The highest BCUT2D eigenvalue weighted by atomic mass is 16.5. The molecule has 0 saturated carbocycles. The molecule has 1 aliphatic heterocycles. The third-order valence-corrected chi connectivity index (χ3v) is 2.75. The van der Waals surface area contributed by atoms with E-state index in [4.69, 9.17) is 4.74 Å². The lowest BCUT2D eigenvalue weighted by molar-refractivity contribution is 0.0367. The van der Waals surface area contributed by atoms with Gasteiger partial charge >= 0.3 is 0 Å². The van der Waals surface area contributed by atoms with E-state index < -0.39 is 0 Å². The maximum atomic E-state index is 5.49. The first-order valence-corrected chi connectivity index (χ1v) is 5.36. The Bertz CT molecular complexity index is 139. The Morgan fingerprint density at radius 2 is 2.23 bits per heavy atom. The lowest BCUT2D eigenvalue weighted by Gasteiger charge is -2.31. The van der Waals surface area contributed by atoms with Crippen molar-refractivity contribution in [2.45, 2.75) is 33.1 Å². The van der Waals surface area contributed by atoms with Crippen LogP contribution < -0.4 is 5.32 Å². The predicted molar refractivity (Wildman–Crippen MR) is 55.9 cm³/mol. The van der Waals surface area contributed by atoms with Crippen LogP contribution >= 0.6 is 0 Å². The van der Waals surface area contributed by atoms with Crippen LogP contribution in [0.25, 0.3) is 0 Å². The first-order valence-electron chi connectivity index (χ1n) is 5.36. The van der Waals surface area contributed by atoms with E-state index in [2.05, 4.69) is 19.2 Å². The first kappa shape index (κ1) is 11.0. The van der Waals surface area contributed by atoms with Crippen molar-refractivity contribution in [1.29, 1.82) is 0 Å². The molecule has 0 spiro atoms. The highest BCUT2D eigenvalue weighted by Crippen LogP contribution is 2.29. The molecule has 1 fully saturated rings. The maximum Gasteiger partial charge on any atom is 0.0494 e. The van der Waals surface area contributed by atoms with Crippen molar-refractivity contribution in [3.05, 3.63) is 0 Å². The van der Waals surface area contributed by atoms with E-state index in [1.54, 1.807) is 0 Å². The van der Waals surface area contributed by atoms with Crippen LogP contribution in [-0.4, -0.2) is 26.8 Å². The number of hydrogen-bond donors (Lipinski definition) is 1. The Kier molecular flexibility index (Phi) is 4.20. The van der Waals surface area contributed by atoms with Crippen molar-refractivity contribution in [3.63, 3.8) is 0 Å². The lowest BCUT2D eigenvalue weighted by atomic mass is 9.81. The minimum Gasteiger partial charge on any atom is -0.381 e. The molecule has 0 aliphatic carbocycles. The van der Waals surface area contributed by atoms with Crippen LogP contribution in [0.4, 0.5) is 0 Å². The van der Waals surface area contributed by atoms with Crippen LogP contribution in [0.5, 0.6) is 0 Å². The van der Waals surface area contributed by atoms with Crippen LogP contribution in [0, 0.1) is 11.3 Å². The summed E-state index contributed by atoms with van der Waals surface area (Å²) in [5.74, 6) is 0.789. The molecule has 0 radical (unpaired) electrons.